The van der Waals surface area contributed by atoms with Crippen molar-refractivity contribution < 1.29 is 0 Å². The average Bonchev–Trinajstić information content (AvgIpc) is 2.00. The maximum Gasteiger partial charge on any atom is 0.0284 e. The molecule has 0 rings (SSSR count). The molecule has 0 bridgehead atoms. The van der Waals surface area contributed by atoms with Gasteiger partial charge < -0.3 is 0 Å². The Labute approximate surface area is 64.3 Å². The summed E-state index contributed by atoms with van der Waals surface area (Å²) in [6, 6.07) is 0. The third-order valence-corrected chi connectivity index (χ3v) is 2.03. The maximum absolute atomic E-state index is 5.37. The van der Waals surface area contributed by atoms with E-state index >= 15 is 0 Å². The minimum atomic E-state index is 0.0915. The van der Waals surface area contributed by atoms with Crippen molar-refractivity contribution in [2.24, 2.45) is 5.41 Å². The van der Waals surface area contributed by atoms with Crippen LogP contribution in [0.2, 0.25) is 0 Å². The normalized spacial score (nSPS) is 15.3. The van der Waals surface area contributed by atoms with Gasteiger partial charge in [-0.15, -0.1) is 18.9 Å². The summed E-state index contributed by atoms with van der Waals surface area (Å²) in [6.45, 7) is 7.91. The van der Waals surface area contributed by atoms with Crippen LogP contribution in [0.5, 0.6) is 0 Å². The Hall–Kier alpha value is -0.700. The summed E-state index contributed by atoms with van der Waals surface area (Å²) in [7, 11) is 0. The van der Waals surface area contributed by atoms with Gasteiger partial charge in [0.25, 0.3) is 0 Å². The second kappa shape index (κ2) is 4.17. The largest absolute Gasteiger partial charge is 0.120 e. The van der Waals surface area contributed by atoms with Gasteiger partial charge in [0.2, 0.25) is 0 Å². The van der Waals surface area contributed by atoms with Crippen molar-refractivity contribution in [1.29, 1.82) is 0 Å². The summed E-state index contributed by atoms with van der Waals surface area (Å²) in [4.78, 5) is 0. The van der Waals surface area contributed by atoms with Crippen LogP contribution in [-0.2, 0) is 0 Å². The lowest BCUT2D eigenvalue weighted by Gasteiger charge is -2.19. The van der Waals surface area contributed by atoms with E-state index in [4.69, 9.17) is 6.42 Å². The van der Waals surface area contributed by atoms with Gasteiger partial charge in [0.15, 0.2) is 0 Å². The molecule has 0 heteroatoms. The molecule has 0 nitrogen and oxygen atoms in total. The zero-order chi connectivity index (χ0) is 8.04. The third kappa shape index (κ3) is 2.73. The quantitative estimate of drug-likeness (QED) is 0.411. The summed E-state index contributed by atoms with van der Waals surface area (Å²) in [5.74, 6) is 2.82. The molecule has 0 N–H and O–H groups in total. The molecule has 1 unspecified atom stereocenters. The van der Waals surface area contributed by atoms with Crippen molar-refractivity contribution >= 4 is 0 Å². The summed E-state index contributed by atoms with van der Waals surface area (Å²) in [6.07, 6.45) is 10.4. The molecule has 0 aliphatic rings. The van der Waals surface area contributed by atoms with Gasteiger partial charge in [-0.2, -0.15) is 0 Å². The lowest BCUT2D eigenvalue weighted by atomic mass is 9.84. The Morgan fingerprint density at radius 2 is 2.30 bits per heavy atom. The predicted octanol–water partition coefficient (Wildman–Crippen LogP) is 3.00. The van der Waals surface area contributed by atoms with Crippen LogP contribution in [0.4, 0.5) is 0 Å². The molecule has 0 aromatic carbocycles. The lowest BCUT2D eigenvalue weighted by molar-refractivity contribution is 0.400. The Kier molecular flexibility index (Phi) is 3.88. The molecule has 0 saturated carbocycles. The molecule has 0 aromatic rings. The van der Waals surface area contributed by atoms with E-state index in [2.05, 4.69) is 26.3 Å². The standard InChI is InChI=1S/C10H16/c1-5-8-9-10(4,6-2)7-3/h2,5H,1,7-9H2,3-4H3. The molecule has 0 radical (unpaired) electrons. The zero-order valence-corrected chi connectivity index (χ0v) is 6.98. The van der Waals surface area contributed by atoms with Crippen molar-refractivity contribution in [2.45, 2.75) is 33.1 Å². The van der Waals surface area contributed by atoms with Crippen molar-refractivity contribution in [1.82, 2.24) is 0 Å². The fourth-order valence-corrected chi connectivity index (χ4v) is 0.772. The predicted molar refractivity (Wildman–Crippen MR) is 46.7 cm³/mol. The summed E-state index contributed by atoms with van der Waals surface area (Å²) >= 11 is 0. The Balaban J connectivity index is 3.83. The number of terminal acetylenes is 1. The minimum absolute atomic E-state index is 0.0915. The van der Waals surface area contributed by atoms with Gasteiger partial charge in [0.05, 0.1) is 0 Å². The fourth-order valence-electron chi connectivity index (χ4n) is 0.772. The highest BCUT2D eigenvalue weighted by Crippen LogP contribution is 2.25. The van der Waals surface area contributed by atoms with Crippen LogP contribution in [0.1, 0.15) is 33.1 Å². The van der Waals surface area contributed by atoms with E-state index < -0.39 is 0 Å². The number of hydrogen-bond donors (Lipinski definition) is 0. The van der Waals surface area contributed by atoms with Crippen molar-refractivity contribution in [2.75, 3.05) is 0 Å². The second-order valence-electron chi connectivity index (χ2n) is 2.89. The summed E-state index contributed by atoms with van der Waals surface area (Å²) < 4.78 is 0. The molecular formula is C10H16. The van der Waals surface area contributed by atoms with Gasteiger partial charge >= 0.3 is 0 Å². The number of allylic oxidation sites excluding steroid dienone is 1. The van der Waals surface area contributed by atoms with Gasteiger partial charge in [0, 0.05) is 5.41 Å². The van der Waals surface area contributed by atoms with Gasteiger partial charge in [0.1, 0.15) is 0 Å². The molecule has 0 aliphatic heterocycles. The van der Waals surface area contributed by atoms with Crippen molar-refractivity contribution in [3.8, 4) is 12.3 Å². The van der Waals surface area contributed by atoms with Crippen molar-refractivity contribution in [3.05, 3.63) is 12.7 Å². The fraction of sp³-hybridized carbons (Fsp3) is 0.600. The van der Waals surface area contributed by atoms with Gasteiger partial charge in [-0.3, -0.25) is 0 Å². The zero-order valence-electron chi connectivity index (χ0n) is 6.98. The van der Waals surface area contributed by atoms with E-state index in [0.29, 0.717) is 0 Å². The highest BCUT2D eigenvalue weighted by molar-refractivity contribution is 5.02. The number of rotatable bonds is 4. The van der Waals surface area contributed by atoms with Crippen LogP contribution in [-0.4, -0.2) is 0 Å². The van der Waals surface area contributed by atoms with Crippen LogP contribution in [0.25, 0.3) is 0 Å². The monoisotopic (exact) mass is 136 g/mol. The maximum atomic E-state index is 5.37. The Morgan fingerprint density at radius 3 is 2.60 bits per heavy atom. The van der Waals surface area contributed by atoms with Crippen molar-refractivity contribution in [3.63, 3.8) is 0 Å². The van der Waals surface area contributed by atoms with E-state index in [9.17, 15) is 0 Å². The highest BCUT2D eigenvalue weighted by Gasteiger charge is 2.16. The van der Waals surface area contributed by atoms with E-state index in [1.165, 1.54) is 0 Å². The van der Waals surface area contributed by atoms with E-state index in [0.717, 1.165) is 19.3 Å². The first-order valence-corrected chi connectivity index (χ1v) is 3.77. The Morgan fingerprint density at radius 1 is 1.70 bits per heavy atom. The molecule has 0 aliphatic carbocycles. The molecular weight excluding hydrogens is 120 g/mol. The molecule has 0 saturated heterocycles. The Bertz CT molecular complexity index is 139. The molecule has 0 amide bonds. The first kappa shape index (κ1) is 9.30. The third-order valence-electron chi connectivity index (χ3n) is 2.03. The molecule has 1 atom stereocenters. The van der Waals surface area contributed by atoms with Crippen LogP contribution < -0.4 is 0 Å². The lowest BCUT2D eigenvalue weighted by Crippen LogP contribution is -2.10. The smallest absolute Gasteiger partial charge is 0.0284 e. The molecule has 56 valence electrons. The van der Waals surface area contributed by atoms with Crippen LogP contribution >= 0.6 is 0 Å². The minimum Gasteiger partial charge on any atom is -0.120 e. The second-order valence-corrected chi connectivity index (χ2v) is 2.89. The summed E-state index contributed by atoms with van der Waals surface area (Å²) in [5, 5.41) is 0. The molecule has 10 heavy (non-hydrogen) atoms. The molecule has 0 fully saturated rings. The molecule has 0 heterocycles. The van der Waals surface area contributed by atoms with E-state index in [-0.39, 0.29) is 5.41 Å². The van der Waals surface area contributed by atoms with Crippen LogP contribution in [0.15, 0.2) is 12.7 Å². The first-order chi connectivity index (χ1) is 4.68. The van der Waals surface area contributed by atoms with Gasteiger partial charge in [-0.1, -0.05) is 13.0 Å². The molecule has 0 aromatic heterocycles. The first-order valence-electron chi connectivity index (χ1n) is 3.77. The SMILES string of the molecule is C#CC(C)(CC)CCC=C. The number of hydrogen-bond acceptors (Lipinski definition) is 0. The van der Waals surface area contributed by atoms with E-state index in [1.807, 2.05) is 6.08 Å². The summed E-state index contributed by atoms with van der Waals surface area (Å²) in [5.41, 5.74) is 0.0915. The van der Waals surface area contributed by atoms with Crippen LogP contribution in [0, 0.1) is 17.8 Å². The van der Waals surface area contributed by atoms with Crippen LogP contribution in [0.3, 0.4) is 0 Å². The van der Waals surface area contributed by atoms with E-state index in [1.54, 1.807) is 0 Å². The average molecular weight is 136 g/mol. The molecule has 0 spiro atoms. The topological polar surface area (TPSA) is 0 Å². The van der Waals surface area contributed by atoms with Gasteiger partial charge in [-0.05, 0) is 26.2 Å². The highest BCUT2D eigenvalue weighted by atomic mass is 14.2. The van der Waals surface area contributed by atoms with Gasteiger partial charge in [-0.25, -0.2) is 0 Å².